The second kappa shape index (κ2) is 17.7. The number of benzene rings is 12. The van der Waals surface area contributed by atoms with E-state index < -0.39 is 53.9 Å². The number of anilines is 6. The van der Waals surface area contributed by atoms with Crippen molar-refractivity contribution >= 4 is 66.4 Å². The van der Waals surface area contributed by atoms with E-state index in [1.165, 1.54) is 17.0 Å². The molecule has 0 bridgehead atoms. The lowest BCUT2D eigenvalue weighted by Crippen LogP contribution is -2.18. The molecular weight excluding hydrogens is 919 g/mol. The fraction of sp³-hybridized carbons (Fsp3) is 0.0986. The van der Waals surface area contributed by atoms with Crippen LogP contribution in [0.15, 0.2) is 200 Å². The van der Waals surface area contributed by atoms with Gasteiger partial charge >= 0.3 is 0 Å². The lowest BCUT2D eigenvalue weighted by atomic mass is 9.82. The standard InChI is InChI=1S/C71H54F2N2/c1-41-18-11-12-27-51(41)67-54(62-42(2)19-15-20-43(62)3)34-36-57(72)70(67)74(50-25-9-8-10-26-50)60-38-32-49-40-56-52-28-13-14-29-59(52)75(61-39-31-48-30-33-53(60)65(49)66(48)68(56)61)71-58(73)37-35-55(63-44(4)21-16-22-45(63)5)69(71)64-46(6)23-17-24-47(64)7/h8-40H,1-7H3/i8D,9D,10D,13D,14D,25D,26D,28D,29D. The summed E-state index contributed by atoms with van der Waals surface area (Å²) in [7, 11) is 0. The molecule has 0 saturated heterocycles. The molecule has 1 heterocycles. The van der Waals surface area contributed by atoms with Crippen LogP contribution in [0.3, 0.4) is 0 Å². The summed E-state index contributed by atoms with van der Waals surface area (Å²) in [6.45, 7) is 13.9. The van der Waals surface area contributed by atoms with E-state index in [-0.39, 0.29) is 46.1 Å². The van der Waals surface area contributed by atoms with Crippen molar-refractivity contribution < 1.29 is 21.1 Å². The first-order valence-corrected chi connectivity index (χ1v) is 25.2. The summed E-state index contributed by atoms with van der Waals surface area (Å²) in [5, 5.41) is 3.71. The van der Waals surface area contributed by atoms with Gasteiger partial charge in [-0.2, -0.15) is 0 Å². The summed E-state index contributed by atoms with van der Waals surface area (Å²) in [5.41, 5.74) is 13.1. The third kappa shape index (κ3) is 7.03. The first-order valence-electron chi connectivity index (χ1n) is 29.7. The van der Waals surface area contributed by atoms with Crippen molar-refractivity contribution in [3.05, 3.63) is 251 Å². The van der Waals surface area contributed by atoms with Crippen molar-refractivity contribution in [1.82, 2.24) is 0 Å². The molecule has 1 aliphatic rings. The van der Waals surface area contributed by atoms with Crippen LogP contribution >= 0.6 is 0 Å². The van der Waals surface area contributed by atoms with E-state index in [4.69, 9.17) is 4.11 Å². The lowest BCUT2D eigenvalue weighted by Gasteiger charge is -2.37. The maximum Gasteiger partial charge on any atom is 0.147 e. The Bertz CT molecular complexity index is 4770. The highest BCUT2D eigenvalue weighted by molar-refractivity contribution is 6.33. The van der Waals surface area contributed by atoms with E-state index in [0.29, 0.717) is 60.4 Å². The van der Waals surface area contributed by atoms with Crippen molar-refractivity contribution in [1.29, 1.82) is 0 Å². The monoisotopic (exact) mass is 981 g/mol. The molecule has 12 aromatic carbocycles. The fourth-order valence-electron chi connectivity index (χ4n) is 12.2. The fourth-order valence-corrected chi connectivity index (χ4v) is 12.2. The normalized spacial score (nSPS) is 13.7. The molecule has 0 radical (unpaired) electrons. The van der Waals surface area contributed by atoms with Gasteiger partial charge in [0.2, 0.25) is 0 Å². The molecule has 0 aliphatic carbocycles. The third-order valence-corrected chi connectivity index (χ3v) is 15.4. The number of aryl methyl sites for hydroxylation is 7. The van der Waals surface area contributed by atoms with Crippen LogP contribution in [0, 0.1) is 60.1 Å². The minimum atomic E-state index is -0.717. The Morgan fingerprint density at radius 3 is 1.61 bits per heavy atom. The van der Waals surface area contributed by atoms with Crippen molar-refractivity contribution in [3.63, 3.8) is 0 Å². The number of nitrogens with zero attached hydrogens (tertiary/aromatic N) is 2. The van der Waals surface area contributed by atoms with E-state index in [9.17, 15) is 8.22 Å². The molecule has 0 atom stereocenters. The Hall–Kier alpha value is -8.86. The molecule has 2 nitrogen and oxygen atoms in total. The molecular formula is C71H54F2N2. The Balaban J connectivity index is 1.20. The van der Waals surface area contributed by atoms with Gasteiger partial charge in [-0.15, -0.1) is 0 Å². The van der Waals surface area contributed by atoms with Crippen LogP contribution in [-0.2, 0) is 0 Å². The summed E-state index contributed by atoms with van der Waals surface area (Å²) in [4.78, 5) is 3.17. The van der Waals surface area contributed by atoms with Crippen LogP contribution in [0.1, 0.15) is 51.3 Å². The third-order valence-electron chi connectivity index (χ3n) is 15.4. The highest BCUT2D eigenvalue weighted by Crippen LogP contribution is 2.59. The Kier molecular flexibility index (Phi) is 8.71. The first kappa shape index (κ1) is 37.0. The van der Waals surface area contributed by atoms with Crippen LogP contribution in [-0.4, -0.2) is 0 Å². The second-order valence-electron chi connectivity index (χ2n) is 19.9. The van der Waals surface area contributed by atoms with E-state index in [1.54, 1.807) is 23.1 Å². The number of para-hydroxylation sites is 2. The Morgan fingerprint density at radius 2 is 0.947 bits per heavy atom. The number of fused-ring (bicyclic) bond motifs is 2. The maximum absolute atomic E-state index is 18.2. The van der Waals surface area contributed by atoms with Gasteiger partial charge in [0.05, 0.1) is 40.8 Å². The topological polar surface area (TPSA) is 6.48 Å². The molecule has 0 unspecified atom stereocenters. The average molecular weight is 982 g/mol. The molecule has 12 aromatic rings. The predicted molar refractivity (Wildman–Crippen MR) is 313 cm³/mol. The minimum absolute atomic E-state index is 0.0464. The van der Waals surface area contributed by atoms with Crippen LogP contribution in [0.25, 0.3) is 88.0 Å². The summed E-state index contributed by atoms with van der Waals surface area (Å²) >= 11 is 0. The van der Waals surface area contributed by atoms with Gasteiger partial charge in [-0.05, 0) is 191 Å². The molecule has 362 valence electrons. The summed E-state index contributed by atoms with van der Waals surface area (Å²) < 4.78 is 121. The number of hydrogen-bond donors (Lipinski definition) is 0. The second-order valence-corrected chi connectivity index (χ2v) is 19.9. The molecule has 0 N–H and O–H groups in total. The van der Waals surface area contributed by atoms with Gasteiger partial charge in [0, 0.05) is 38.5 Å². The van der Waals surface area contributed by atoms with E-state index in [2.05, 4.69) is 0 Å². The minimum Gasteiger partial charge on any atom is -0.307 e. The summed E-state index contributed by atoms with van der Waals surface area (Å²) in [6.07, 6.45) is 0. The molecule has 0 fully saturated rings. The number of rotatable bonds is 8. The van der Waals surface area contributed by atoms with E-state index >= 15 is 8.78 Å². The Morgan fingerprint density at radius 1 is 0.387 bits per heavy atom. The molecule has 4 heteroatoms. The highest BCUT2D eigenvalue weighted by atomic mass is 19.1. The van der Waals surface area contributed by atoms with Crippen molar-refractivity contribution in [3.8, 4) is 55.6 Å². The number of halogens is 2. The van der Waals surface area contributed by atoms with Gasteiger partial charge in [-0.25, -0.2) is 8.78 Å². The van der Waals surface area contributed by atoms with Gasteiger partial charge in [0.15, 0.2) is 0 Å². The zero-order valence-corrected chi connectivity index (χ0v) is 42.5. The molecule has 0 spiro atoms. The van der Waals surface area contributed by atoms with E-state index in [0.717, 1.165) is 66.6 Å². The summed E-state index contributed by atoms with van der Waals surface area (Å²) in [6, 6.07) is 40.4. The molecule has 0 amide bonds. The Labute approximate surface area is 450 Å². The van der Waals surface area contributed by atoms with Gasteiger partial charge in [-0.1, -0.05) is 152 Å². The van der Waals surface area contributed by atoms with E-state index in [1.807, 2.05) is 164 Å². The van der Waals surface area contributed by atoms with Gasteiger partial charge < -0.3 is 9.80 Å². The quantitative estimate of drug-likeness (QED) is 0.140. The summed E-state index contributed by atoms with van der Waals surface area (Å²) in [5.74, 6) is -1.34. The smallest absolute Gasteiger partial charge is 0.147 e. The highest BCUT2D eigenvalue weighted by Gasteiger charge is 2.35. The van der Waals surface area contributed by atoms with Gasteiger partial charge in [-0.3, -0.25) is 0 Å². The predicted octanol–water partition coefficient (Wildman–Crippen LogP) is 20.6. The average Bonchev–Trinajstić information content (AvgIpc) is 0.724. The van der Waals surface area contributed by atoms with Crippen LogP contribution < -0.4 is 9.80 Å². The van der Waals surface area contributed by atoms with Crippen LogP contribution in [0.5, 0.6) is 0 Å². The van der Waals surface area contributed by atoms with Crippen LogP contribution in [0.4, 0.5) is 42.9 Å². The molecule has 75 heavy (non-hydrogen) atoms. The molecule has 0 aromatic heterocycles. The van der Waals surface area contributed by atoms with Crippen molar-refractivity contribution in [2.75, 3.05) is 9.80 Å². The van der Waals surface area contributed by atoms with Crippen LogP contribution in [0.2, 0.25) is 0 Å². The lowest BCUT2D eigenvalue weighted by molar-refractivity contribution is 0.629. The van der Waals surface area contributed by atoms with Gasteiger partial charge in [0.25, 0.3) is 0 Å². The number of hydrogen-bond acceptors (Lipinski definition) is 2. The maximum atomic E-state index is 18.2. The van der Waals surface area contributed by atoms with Crippen molar-refractivity contribution in [2.45, 2.75) is 48.5 Å². The SMILES string of the molecule is [2H]c1c([2H])c([2H])c(N(c2c(F)ccc(-c3c(C)cccc3C)c2-c2ccccc2C)c2ccc3cc4c5c(ccc6ccc2c3c65)N(c2c(F)ccc(-c3c(C)cccc3C)c2-c2c(C)cccc2C)c2c([2H])c([2H])c([2H])c([2H])c2-4)c([2H])c1[2H]. The largest absolute Gasteiger partial charge is 0.307 e. The molecule has 1 aliphatic heterocycles. The molecule has 0 saturated carbocycles. The van der Waals surface area contributed by atoms with Gasteiger partial charge in [0.1, 0.15) is 11.6 Å². The van der Waals surface area contributed by atoms with Crippen molar-refractivity contribution in [2.24, 2.45) is 0 Å². The zero-order valence-electron chi connectivity index (χ0n) is 51.5. The molecule has 13 rings (SSSR count). The first-order chi connectivity index (χ1) is 40.2. The zero-order chi connectivity index (χ0) is 59.2.